The number of ether oxygens (including phenoxy) is 1. The number of allylic oxidation sites excluding steroid dienone is 1. The van der Waals surface area contributed by atoms with Crippen LogP contribution in [0, 0.1) is 5.92 Å². The highest BCUT2D eigenvalue weighted by Gasteiger charge is 2.45. The molecule has 3 aliphatic heterocycles. The molecule has 0 aromatic carbocycles. The maximum atomic E-state index is 13.9. The first-order valence-corrected chi connectivity index (χ1v) is 13.2. The van der Waals surface area contributed by atoms with Crippen LogP contribution in [-0.4, -0.2) is 85.3 Å². The molecule has 0 bridgehead atoms. The third kappa shape index (κ3) is 5.48. The number of nitrogens with one attached hydrogen (secondary N) is 1. The second-order valence-corrected chi connectivity index (χ2v) is 11.4. The Bertz CT molecular complexity index is 1060. The van der Waals surface area contributed by atoms with Gasteiger partial charge in [0.25, 0.3) is 0 Å². The van der Waals surface area contributed by atoms with E-state index in [2.05, 4.69) is 16.9 Å². The molecule has 0 spiro atoms. The first-order valence-electron chi connectivity index (χ1n) is 11.7. The van der Waals surface area contributed by atoms with E-state index < -0.39 is 26.4 Å². The van der Waals surface area contributed by atoms with Gasteiger partial charge < -0.3 is 19.9 Å². The van der Waals surface area contributed by atoms with E-state index in [1.807, 2.05) is 4.90 Å². The fourth-order valence-corrected chi connectivity index (χ4v) is 5.96. The van der Waals surface area contributed by atoms with Gasteiger partial charge in [-0.2, -0.15) is 8.78 Å². The summed E-state index contributed by atoms with van der Waals surface area (Å²) in [6.45, 7) is 5.43. The van der Waals surface area contributed by atoms with Gasteiger partial charge >= 0.3 is 11.3 Å². The molecule has 1 aromatic heterocycles. The van der Waals surface area contributed by atoms with Crippen molar-refractivity contribution in [1.82, 2.24) is 20.1 Å². The number of likely N-dealkylation sites (tertiary alicyclic amines) is 2. The number of nitrogens with zero attached hydrogens (tertiary/aromatic N) is 3. The molecule has 4 rings (SSSR count). The molecule has 0 saturated carbocycles. The fraction of sp³-hybridized carbons (Fsp3) is 0.609. The molecule has 0 aliphatic carbocycles. The van der Waals surface area contributed by atoms with E-state index in [1.54, 1.807) is 4.90 Å². The number of hydrogen-bond donors (Lipinski definition) is 1. The molecule has 192 valence electrons. The van der Waals surface area contributed by atoms with Crippen molar-refractivity contribution in [3.05, 3.63) is 36.7 Å². The molecule has 1 aromatic rings. The van der Waals surface area contributed by atoms with Gasteiger partial charge in [0, 0.05) is 44.5 Å². The monoisotopic (exact) mass is 512 g/mol. The summed E-state index contributed by atoms with van der Waals surface area (Å²) in [5.41, 5.74) is 0.621. The van der Waals surface area contributed by atoms with Crippen molar-refractivity contribution in [2.75, 3.05) is 32.8 Å². The van der Waals surface area contributed by atoms with Crippen molar-refractivity contribution in [3.63, 3.8) is 0 Å². The Morgan fingerprint density at radius 3 is 2.60 bits per heavy atom. The highest BCUT2D eigenvalue weighted by atomic mass is 32.2. The van der Waals surface area contributed by atoms with E-state index in [4.69, 9.17) is 4.74 Å². The Hall–Kier alpha value is -2.60. The number of piperidine rings is 2. The van der Waals surface area contributed by atoms with Crippen LogP contribution in [0.4, 0.5) is 13.6 Å². The lowest BCUT2D eigenvalue weighted by atomic mass is 9.92. The normalized spacial score (nSPS) is 24.0. The maximum Gasteiger partial charge on any atom is 0.353 e. The number of halogens is 2. The van der Waals surface area contributed by atoms with Crippen molar-refractivity contribution in [1.29, 1.82) is 0 Å². The fourth-order valence-electron chi connectivity index (χ4n) is 4.84. The van der Waals surface area contributed by atoms with Crippen LogP contribution >= 0.6 is 0 Å². The minimum Gasteiger partial charge on any atom is -0.366 e. The molecule has 3 saturated heterocycles. The van der Waals surface area contributed by atoms with Gasteiger partial charge in [-0.1, -0.05) is 6.08 Å². The zero-order chi connectivity index (χ0) is 25.2. The number of rotatable bonds is 6. The number of sulfone groups is 1. The SMILES string of the molecule is C=CCC(F)(F)S(=O)(=O)c1ccc(CC2CCN(C(=O)N3CC[C@@H]4OCC(=O)N[C@@H]4C3)CC2)nc1. The van der Waals surface area contributed by atoms with Gasteiger partial charge in [0.15, 0.2) is 0 Å². The minimum atomic E-state index is -4.84. The summed E-state index contributed by atoms with van der Waals surface area (Å²) in [6, 6.07) is 2.42. The summed E-state index contributed by atoms with van der Waals surface area (Å²) >= 11 is 0. The van der Waals surface area contributed by atoms with E-state index in [0.717, 1.165) is 25.1 Å². The van der Waals surface area contributed by atoms with Crippen LogP contribution in [0.3, 0.4) is 0 Å². The summed E-state index contributed by atoms with van der Waals surface area (Å²) in [5.74, 6) is 0.0825. The average molecular weight is 513 g/mol. The molecule has 35 heavy (non-hydrogen) atoms. The van der Waals surface area contributed by atoms with Crippen molar-refractivity contribution < 1.29 is 31.5 Å². The van der Waals surface area contributed by atoms with Crippen LogP contribution < -0.4 is 5.32 Å². The van der Waals surface area contributed by atoms with E-state index in [1.165, 1.54) is 12.1 Å². The molecule has 3 aliphatic rings. The Labute approximate surface area is 203 Å². The Morgan fingerprint density at radius 2 is 1.94 bits per heavy atom. The molecule has 3 fully saturated rings. The predicted octanol–water partition coefficient (Wildman–Crippen LogP) is 1.99. The second-order valence-electron chi connectivity index (χ2n) is 9.29. The Balaban J connectivity index is 1.28. The van der Waals surface area contributed by atoms with Crippen molar-refractivity contribution in [2.24, 2.45) is 5.92 Å². The van der Waals surface area contributed by atoms with Gasteiger partial charge in [0.05, 0.1) is 17.0 Å². The lowest BCUT2D eigenvalue weighted by Crippen LogP contribution is -2.62. The predicted molar refractivity (Wildman–Crippen MR) is 122 cm³/mol. The molecular weight excluding hydrogens is 482 g/mol. The highest BCUT2D eigenvalue weighted by molar-refractivity contribution is 7.92. The van der Waals surface area contributed by atoms with Crippen molar-refractivity contribution in [2.45, 2.75) is 54.4 Å². The number of hydrogen-bond acceptors (Lipinski definition) is 6. The van der Waals surface area contributed by atoms with Crippen molar-refractivity contribution in [3.8, 4) is 0 Å². The average Bonchev–Trinajstić information content (AvgIpc) is 2.84. The van der Waals surface area contributed by atoms with Gasteiger partial charge in [-0.15, -0.1) is 6.58 Å². The number of carbonyl (C=O) groups is 2. The maximum absolute atomic E-state index is 13.9. The zero-order valence-corrected chi connectivity index (χ0v) is 20.2. The van der Waals surface area contributed by atoms with Gasteiger partial charge in [-0.25, -0.2) is 13.2 Å². The quantitative estimate of drug-likeness (QED) is 0.584. The molecule has 0 radical (unpaired) electrons. The first kappa shape index (κ1) is 25.5. The van der Waals surface area contributed by atoms with E-state index in [-0.39, 0.29) is 36.6 Å². The standard InChI is InChI=1S/C23H30F2N4O5S/c1-2-8-23(24,25)35(32,33)18-4-3-17(26-13-18)12-16-5-9-28(10-6-16)22(31)29-11-7-20-19(14-29)27-21(30)15-34-20/h2-4,13,16,19-20H,1,5-12,14-15H2,(H,27,30)/t19-,20+/m1/s1. The molecule has 3 amide bonds. The van der Waals surface area contributed by atoms with E-state index >= 15 is 0 Å². The van der Waals surface area contributed by atoms with Crippen LogP contribution in [0.5, 0.6) is 0 Å². The number of fused-ring (bicyclic) bond motifs is 1. The first-order chi connectivity index (χ1) is 16.6. The Kier molecular flexibility index (Phi) is 7.41. The molecule has 12 heteroatoms. The number of urea groups is 1. The van der Waals surface area contributed by atoms with E-state index in [0.29, 0.717) is 44.7 Å². The van der Waals surface area contributed by atoms with Crippen LogP contribution in [0.2, 0.25) is 0 Å². The van der Waals surface area contributed by atoms with E-state index in [9.17, 15) is 26.8 Å². The molecule has 0 unspecified atom stereocenters. The molecule has 9 nitrogen and oxygen atoms in total. The summed E-state index contributed by atoms with van der Waals surface area (Å²) in [4.78, 5) is 31.8. The summed E-state index contributed by atoms with van der Waals surface area (Å²) < 4.78 is 57.8. The molecular formula is C23H30F2N4O5S. The number of aromatic nitrogens is 1. The lowest BCUT2D eigenvalue weighted by molar-refractivity contribution is -0.139. The number of morpholine rings is 1. The molecule has 4 heterocycles. The minimum absolute atomic E-state index is 0.0464. The summed E-state index contributed by atoms with van der Waals surface area (Å²) in [5, 5.41) is -1.03. The van der Waals surface area contributed by atoms with Crippen LogP contribution in [0.15, 0.2) is 35.9 Å². The topological polar surface area (TPSA) is 109 Å². The van der Waals surface area contributed by atoms with Crippen molar-refractivity contribution >= 4 is 21.8 Å². The van der Waals surface area contributed by atoms with Gasteiger partial charge in [0.2, 0.25) is 15.7 Å². The summed E-state index contributed by atoms with van der Waals surface area (Å²) in [6.07, 6.45) is 3.61. The van der Waals surface area contributed by atoms with Crippen LogP contribution in [0.1, 0.15) is 31.4 Å². The Morgan fingerprint density at radius 1 is 1.23 bits per heavy atom. The highest BCUT2D eigenvalue weighted by Crippen LogP contribution is 2.32. The van der Waals surface area contributed by atoms with Gasteiger partial charge in [0.1, 0.15) is 6.61 Å². The number of pyridine rings is 1. The largest absolute Gasteiger partial charge is 0.366 e. The van der Waals surface area contributed by atoms with Crippen LogP contribution in [0.25, 0.3) is 0 Å². The third-order valence-electron chi connectivity index (χ3n) is 6.86. The summed E-state index contributed by atoms with van der Waals surface area (Å²) in [7, 11) is -4.84. The second kappa shape index (κ2) is 10.2. The molecule has 2 atom stereocenters. The molecule has 1 N–H and O–H groups in total. The lowest BCUT2D eigenvalue weighted by Gasteiger charge is -2.43. The zero-order valence-electron chi connectivity index (χ0n) is 19.4. The smallest absolute Gasteiger partial charge is 0.353 e. The van der Waals surface area contributed by atoms with Gasteiger partial charge in [-0.3, -0.25) is 9.78 Å². The number of carbonyl (C=O) groups excluding carboxylic acids is 2. The number of amides is 3. The van der Waals surface area contributed by atoms with Crippen LogP contribution in [-0.2, 0) is 25.8 Å². The van der Waals surface area contributed by atoms with Gasteiger partial charge in [-0.05, 0) is 43.7 Å². The number of alkyl halides is 2. The third-order valence-corrected chi connectivity index (χ3v) is 8.68.